The van der Waals surface area contributed by atoms with E-state index in [0.29, 0.717) is 19.6 Å². The summed E-state index contributed by atoms with van der Waals surface area (Å²) in [6.45, 7) is 13.6. The van der Waals surface area contributed by atoms with Crippen molar-refractivity contribution in [2.75, 3.05) is 13.2 Å². The van der Waals surface area contributed by atoms with Gasteiger partial charge in [-0.05, 0) is 39.0 Å². The van der Waals surface area contributed by atoms with E-state index in [1.807, 2.05) is 20.8 Å². The van der Waals surface area contributed by atoms with Crippen LogP contribution in [-0.2, 0) is 14.3 Å². The van der Waals surface area contributed by atoms with Gasteiger partial charge in [0.15, 0.2) is 0 Å². The summed E-state index contributed by atoms with van der Waals surface area (Å²) in [5.74, 6) is -0.119. The lowest BCUT2D eigenvalue weighted by atomic mass is 9.93. The van der Waals surface area contributed by atoms with E-state index in [2.05, 4.69) is 20.8 Å². The first-order chi connectivity index (χ1) is 7.60. The third-order valence-electron chi connectivity index (χ3n) is 2.18. The van der Waals surface area contributed by atoms with Crippen LogP contribution in [0.1, 0.15) is 60.8 Å². The molecule has 0 aliphatic carbocycles. The molecule has 0 N–H and O–H groups in total. The number of carbonyl (C=O) groups is 1. The van der Waals surface area contributed by atoms with Gasteiger partial charge >= 0.3 is 5.97 Å². The van der Waals surface area contributed by atoms with Crippen molar-refractivity contribution in [3.63, 3.8) is 0 Å². The van der Waals surface area contributed by atoms with Crippen molar-refractivity contribution in [1.82, 2.24) is 0 Å². The quantitative estimate of drug-likeness (QED) is 0.529. The molecule has 0 aliphatic rings. The summed E-state index contributed by atoms with van der Waals surface area (Å²) in [6, 6.07) is 0. The van der Waals surface area contributed by atoms with Gasteiger partial charge in [-0.25, -0.2) is 0 Å². The molecule has 0 atom stereocenters. The second-order valence-electron chi connectivity index (χ2n) is 6.60. The average Bonchev–Trinajstić information content (AvgIpc) is 2.09. The highest BCUT2D eigenvalue weighted by Gasteiger charge is 2.12. The molecule has 102 valence electrons. The van der Waals surface area contributed by atoms with E-state index in [1.165, 1.54) is 0 Å². The second kappa shape index (κ2) is 7.00. The van der Waals surface area contributed by atoms with Gasteiger partial charge in [0.1, 0.15) is 0 Å². The average molecular weight is 244 g/mol. The maximum Gasteiger partial charge on any atom is 0.305 e. The third-order valence-corrected chi connectivity index (χ3v) is 2.18. The minimum absolute atomic E-state index is 0.119. The molecule has 0 radical (unpaired) electrons. The van der Waals surface area contributed by atoms with Gasteiger partial charge in [-0.15, -0.1) is 0 Å². The number of ether oxygens (including phenoxy) is 2. The largest absolute Gasteiger partial charge is 0.466 e. The minimum atomic E-state index is -0.129. The SMILES string of the molecule is CC(C)(C)CCOC(=O)CCCOC(C)(C)C. The first-order valence-electron chi connectivity index (χ1n) is 6.40. The van der Waals surface area contributed by atoms with Gasteiger partial charge in [-0.1, -0.05) is 20.8 Å². The summed E-state index contributed by atoms with van der Waals surface area (Å²) in [6.07, 6.45) is 2.07. The Morgan fingerprint density at radius 3 is 2.06 bits per heavy atom. The number of hydrogen-bond acceptors (Lipinski definition) is 3. The summed E-state index contributed by atoms with van der Waals surface area (Å²) in [4.78, 5) is 11.4. The van der Waals surface area contributed by atoms with Crippen molar-refractivity contribution >= 4 is 5.97 Å². The van der Waals surface area contributed by atoms with E-state index in [0.717, 1.165) is 12.8 Å². The van der Waals surface area contributed by atoms with Crippen molar-refractivity contribution < 1.29 is 14.3 Å². The first-order valence-corrected chi connectivity index (χ1v) is 6.40. The van der Waals surface area contributed by atoms with Gasteiger partial charge in [0.25, 0.3) is 0 Å². The molecular weight excluding hydrogens is 216 g/mol. The van der Waals surface area contributed by atoms with Crippen LogP contribution >= 0.6 is 0 Å². The van der Waals surface area contributed by atoms with Gasteiger partial charge in [-0.2, -0.15) is 0 Å². The smallest absolute Gasteiger partial charge is 0.305 e. The lowest BCUT2D eigenvalue weighted by Crippen LogP contribution is -2.20. The lowest BCUT2D eigenvalue weighted by molar-refractivity contribution is -0.144. The fraction of sp³-hybridized carbons (Fsp3) is 0.929. The van der Waals surface area contributed by atoms with Gasteiger partial charge < -0.3 is 9.47 Å². The molecular formula is C14H28O3. The van der Waals surface area contributed by atoms with Crippen LogP contribution < -0.4 is 0 Å². The molecule has 0 aromatic rings. The fourth-order valence-corrected chi connectivity index (χ4v) is 1.14. The first kappa shape index (κ1) is 16.4. The minimum Gasteiger partial charge on any atom is -0.466 e. The maximum absolute atomic E-state index is 11.4. The Morgan fingerprint density at radius 2 is 1.59 bits per heavy atom. The second-order valence-corrected chi connectivity index (χ2v) is 6.60. The van der Waals surface area contributed by atoms with Crippen LogP contribution in [0.25, 0.3) is 0 Å². The molecule has 0 saturated carbocycles. The van der Waals surface area contributed by atoms with Crippen molar-refractivity contribution in [3.05, 3.63) is 0 Å². The highest BCUT2D eigenvalue weighted by atomic mass is 16.5. The van der Waals surface area contributed by atoms with E-state index < -0.39 is 0 Å². The summed E-state index contributed by atoms with van der Waals surface area (Å²) in [5.41, 5.74) is 0.0891. The van der Waals surface area contributed by atoms with Crippen LogP contribution in [0.5, 0.6) is 0 Å². The molecule has 0 aliphatic heterocycles. The van der Waals surface area contributed by atoms with Crippen LogP contribution in [0, 0.1) is 5.41 Å². The molecule has 0 amide bonds. The fourth-order valence-electron chi connectivity index (χ4n) is 1.14. The standard InChI is InChI=1S/C14H28O3/c1-13(2,3)9-11-16-12(15)8-7-10-17-14(4,5)6/h7-11H2,1-6H3. The summed E-state index contributed by atoms with van der Waals surface area (Å²) >= 11 is 0. The zero-order chi connectivity index (χ0) is 13.5. The monoisotopic (exact) mass is 244 g/mol. The van der Waals surface area contributed by atoms with Crippen LogP contribution in [0.3, 0.4) is 0 Å². The van der Waals surface area contributed by atoms with Crippen molar-refractivity contribution in [3.8, 4) is 0 Å². The van der Waals surface area contributed by atoms with E-state index in [-0.39, 0.29) is 17.0 Å². The molecule has 0 unspecified atom stereocenters. The molecule has 0 heterocycles. The van der Waals surface area contributed by atoms with Crippen LogP contribution in [0.4, 0.5) is 0 Å². The summed E-state index contributed by atoms with van der Waals surface area (Å²) < 4.78 is 10.7. The molecule has 17 heavy (non-hydrogen) atoms. The Labute approximate surface area is 106 Å². The zero-order valence-corrected chi connectivity index (χ0v) is 12.3. The van der Waals surface area contributed by atoms with E-state index in [9.17, 15) is 4.79 Å². The van der Waals surface area contributed by atoms with Crippen LogP contribution in [0.15, 0.2) is 0 Å². The molecule has 0 fully saturated rings. The lowest BCUT2D eigenvalue weighted by Gasteiger charge is -2.19. The summed E-state index contributed by atoms with van der Waals surface area (Å²) in [5, 5.41) is 0. The van der Waals surface area contributed by atoms with E-state index in [4.69, 9.17) is 9.47 Å². The molecule has 0 bridgehead atoms. The Hall–Kier alpha value is -0.570. The number of hydrogen-bond donors (Lipinski definition) is 0. The molecule has 0 aromatic heterocycles. The van der Waals surface area contributed by atoms with Crippen LogP contribution in [-0.4, -0.2) is 24.8 Å². The molecule has 0 rings (SSSR count). The predicted octanol–water partition coefficient (Wildman–Crippen LogP) is 3.56. The summed E-state index contributed by atoms with van der Waals surface area (Å²) in [7, 11) is 0. The molecule has 0 saturated heterocycles. The Balaban J connectivity index is 3.48. The third kappa shape index (κ3) is 13.4. The Bertz CT molecular complexity index is 221. The van der Waals surface area contributed by atoms with Crippen LogP contribution in [0.2, 0.25) is 0 Å². The topological polar surface area (TPSA) is 35.5 Å². The van der Waals surface area contributed by atoms with Crippen molar-refractivity contribution in [1.29, 1.82) is 0 Å². The normalized spacial score (nSPS) is 12.6. The van der Waals surface area contributed by atoms with Gasteiger partial charge in [0.05, 0.1) is 12.2 Å². The zero-order valence-electron chi connectivity index (χ0n) is 12.3. The van der Waals surface area contributed by atoms with Gasteiger partial charge in [0, 0.05) is 13.0 Å². The van der Waals surface area contributed by atoms with Crippen molar-refractivity contribution in [2.45, 2.75) is 66.4 Å². The van der Waals surface area contributed by atoms with Gasteiger partial charge in [0.2, 0.25) is 0 Å². The number of carbonyl (C=O) groups excluding carboxylic acids is 1. The molecule has 0 spiro atoms. The molecule has 0 aromatic carbocycles. The predicted molar refractivity (Wildman–Crippen MR) is 70.0 cm³/mol. The number of rotatable bonds is 6. The van der Waals surface area contributed by atoms with E-state index >= 15 is 0 Å². The van der Waals surface area contributed by atoms with E-state index in [1.54, 1.807) is 0 Å². The highest BCUT2D eigenvalue weighted by molar-refractivity contribution is 5.69. The maximum atomic E-state index is 11.4. The Kier molecular flexibility index (Phi) is 6.76. The van der Waals surface area contributed by atoms with Crippen molar-refractivity contribution in [2.24, 2.45) is 5.41 Å². The molecule has 3 nitrogen and oxygen atoms in total. The number of esters is 1. The highest BCUT2D eigenvalue weighted by Crippen LogP contribution is 2.18. The Morgan fingerprint density at radius 1 is 1.00 bits per heavy atom. The van der Waals surface area contributed by atoms with Gasteiger partial charge in [-0.3, -0.25) is 4.79 Å². The molecule has 3 heteroatoms.